The van der Waals surface area contributed by atoms with Crippen molar-refractivity contribution in [2.75, 3.05) is 0 Å². The van der Waals surface area contributed by atoms with Crippen molar-refractivity contribution in [3.63, 3.8) is 0 Å². The molecule has 2 aromatic rings. The molecule has 0 aliphatic heterocycles. The highest BCUT2D eigenvalue weighted by Crippen LogP contribution is 2.36. The van der Waals surface area contributed by atoms with E-state index in [1.54, 1.807) is 18.2 Å². The minimum absolute atomic E-state index is 0.0409. The van der Waals surface area contributed by atoms with Gasteiger partial charge >= 0.3 is 0 Å². The number of hydrogen-bond donors (Lipinski definition) is 0. The Kier molecular flexibility index (Phi) is 2.71. The van der Waals surface area contributed by atoms with Crippen LogP contribution in [0.1, 0.15) is 22.6 Å². The van der Waals surface area contributed by atoms with Gasteiger partial charge in [-0.1, -0.05) is 42.5 Å². The number of carbonyl (C=O) groups is 1. The van der Waals surface area contributed by atoms with Crippen molar-refractivity contribution in [2.45, 2.75) is 18.8 Å². The van der Waals surface area contributed by atoms with E-state index in [1.807, 2.05) is 24.3 Å². The summed E-state index contributed by atoms with van der Waals surface area (Å²) in [5.74, 6) is -0.224. The van der Waals surface area contributed by atoms with Gasteiger partial charge in [0.25, 0.3) is 0 Å². The topological polar surface area (TPSA) is 17.1 Å². The maximum absolute atomic E-state index is 13.5. The Morgan fingerprint density at radius 2 is 1.83 bits per heavy atom. The average Bonchev–Trinajstić information content (AvgIpc) is 2.34. The molecular formula is C16H13FO. The molecule has 1 unspecified atom stereocenters. The van der Waals surface area contributed by atoms with Crippen LogP contribution in [-0.2, 0) is 17.6 Å². The summed E-state index contributed by atoms with van der Waals surface area (Å²) in [5, 5.41) is 0. The molecule has 0 amide bonds. The molecule has 1 aliphatic carbocycles. The summed E-state index contributed by atoms with van der Waals surface area (Å²) in [4.78, 5) is 12.1. The molecular weight excluding hydrogens is 227 g/mol. The van der Waals surface area contributed by atoms with Crippen molar-refractivity contribution in [1.29, 1.82) is 0 Å². The van der Waals surface area contributed by atoms with Crippen LogP contribution in [0.4, 0.5) is 4.39 Å². The summed E-state index contributed by atoms with van der Waals surface area (Å²) < 4.78 is 13.5. The molecule has 1 atom stereocenters. The third-order valence-electron chi connectivity index (χ3n) is 3.57. The molecule has 0 bridgehead atoms. The molecule has 2 heteroatoms. The molecule has 0 N–H and O–H groups in total. The first-order valence-electron chi connectivity index (χ1n) is 6.09. The van der Waals surface area contributed by atoms with Crippen molar-refractivity contribution < 1.29 is 9.18 Å². The second kappa shape index (κ2) is 4.37. The van der Waals surface area contributed by atoms with E-state index in [9.17, 15) is 9.18 Å². The lowest BCUT2D eigenvalue weighted by Gasteiger charge is -2.28. The van der Waals surface area contributed by atoms with Gasteiger partial charge in [-0.25, -0.2) is 4.39 Å². The number of Topliss-reactive ketones (excluding diaryl/α,β-unsaturated/α-hetero) is 1. The predicted octanol–water partition coefficient (Wildman–Crippen LogP) is 3.28. The summed E-state index contributed by atoms with van der Waals surface area (Å²) in [7, 11) is 0. The first-order chi connectivity index (χ1) is 8.75. The first kappa shape index (κ1) is 11.1. The van der Waals surface area contributed by atoms with Crippen LogP contribution in [0.5, 0.6) is 0 Å². The molecule has 0 saturated heterocycles. The van der Waals surface area contributed by atoms with Crippen molar-refractivity contribution in [1.82, 2.24) is 0 Å². The molecule has 18 heavy (non-hydrogen) atoms. The first-order valence-corrected chi connectivity index (χ1v) is 6.09. The van der Waals surface area contributed by atoms with Gasteiger partial charge in [0.15, 0.2) is 0 Å². The number of fused-ring (bicyclic) bond motifs is 1. The van der Waals surface area contributed by atoms with Crippen molar-refractivity contribution in [2.24, 2.45) is 0 Å². The van der Waals surface area contributed by atoms with Gasteiger partial charge in [-0.2, -0.15) is 0 Å². The Morgan fingerprint density at radius 1 is 1.11 bits per heavy atom. The Bertz CT molecular complexity index is 604. The maximum atomic E-state index is 13.5. The molecule has 90 valence electrons. The second-order valence-corrected chi connectivity index (χ2v) is 4.69. The normalized spacial score (nSPS) is 16.8. The SMILES string of the molecule is O=C(Cc1ccccc1F)C1Cc2ccccc21. The fourth-order valence-electron chi connectivity index (χ4n) is 2.50. The lowest BCUT2D eigenvalue weighted by molar-refractivity contribution is -0.120. The predicted molar refractivity (Wildman–Crippen MR) is 68.0 cm³/mol. The van der Waals surface area contributed by atoms with Crippen LogP contribution in [-0.4, -0.2) is 5.78 Å². The summed E-state index contributed by atoms with van der Waals surface area (Å²) in [5.41, 5.74) is 2.84. The highest BCUT2D eigenvalue weighted by Gasteiger charge is 2.31. The van der Waals surface area contributed by atoms with Crippen molar-refractivity contribution in [3.05, 3.63) is 71.0 Å². The molecule has 0 fully saturated rings. The molecule has 2 aromatic carbocycles. The van der Waals surface area contributed by atoms with Gasteiger partial charge < -0.3 is 0 Å². The molecule has 0 spiro atoms. The molecule has 3 rings (SSSR count). The minimum atomic E-state index is -0.293. The summed E-state index contributed by atoms with van der Waals surface area (Å²) >= 11 is 0. The Morgan fingerprint density at radius 3 is 2.61 bits per heavy atom. The van der Waals surface area contributed by atoms with Crippen molar-refractivity contribution >= 4 is 5.78 Å². The minimum Gasteiger partial charge on any atom is -0.299 e. The summed E-state index contributed by atoms with van der Waals surface area (Å²) in [6.45, 7) is 0. The Labute approximate surface area is 105 Å². The molecule has 1 aliphatic rings. The molecule has 0 radical (unpaired) electrons. The lowest BCUT2D eigenvalue weighted by Crippen LogP contribution is -2.26. The highest BCUT2D eigenvalue weighted by molar-refractivity contribution is 5.90. The smallest absolute Gasteiger partial charge is 0.145 e. The van der Waals surface area contributed by atoms with E-state index in [2.05, 4.69) is 0 Å². The summed E-state index contributed by atoms with van der Waals surface area (Å²) in [6.07, 6.45) is 0.981. The number of rotatable bonds is 3. The lowest BCUT2D eigenvalue weighted by atomic mass is 9.74. The van der Waals surface area contributed by atoms with E-state index in [1.165, 1.54) is 11.6 Å². The van der Waals surface area contributed by atoms with Gasteiger partial charge in [-0.05, 0) is 29.2 Å². The van der Waals surface area contributed by atoms with Gasteiger partial charge in [-0.3, -0.25) is 4.79 Å². The fraction of sp³-hybridized carbons (Fsp3) is 0.188. The van der Waals surface area contributed by atoms with E-state index in [-0.39, 0.29) is 23.9 Å². The zero-order chi connectivity index (χ0) is 12.5. The van der Waals surface area contributed by atoms with Crippen LogP contribution in [0.25, 0.3) is 0 Å². The van der Waals surface area contributed by atoms with Crippen LogP contribution >= 0.6 is 0 Å². The third-order valence-corrected chi connectivity index (χ3v) is 3.57. The van der Waals surface area contributed by atoms with Crippen LogP contribution in [0, 0.1) is 5.82 Å². The molecule has 0 aromatic heterocycles. The fourth-order valence-corrected chi connectivity index (χ4v) is 2.50. The highest BCUT2D eigenvalue weighted by atomic mass is 19.1. The van der Waals surface area contributed by atoms with Crippen LogP contribution < -0.4 is 0 Å². The number of ketones is 1. The van der Waals surface area contributed by atoms with Crippen LogP contribution in [0.2, 0.25) is 0 Å². The number of hydrogen-bond acceptors (Lipinski definition) is 1. The van der Waals surface area contributed by atoms with Gasteiger partial charge in [0, 0.05) is 12.3 Å². The quantitative estimate of drug-likeness (QED) is 0.804. The molecule has 0 heterocycles. The van der Waals surface area contributed by atoms with Gasteiger partial charge in [0.2, 0.25) is 0 Å². The summed E-state index contributed by atoms with van der Waals surface area (Å²) in [6, 6.07) is 14.4. The maximum Gasteiger partial charge on any atom is 0.145 e. The standard InChI is InChI=1S/C16H13FO/c17-15-8-4-2-6-12(15)10-16(18)14-9-11-5-1-3-7-13(11)14/h1-8,14H,9-10H2. The Balaban J connectivity index is 1.77. The van der Waals surface area contributed by atoms with Crippen LogP contribution in [0.3, 0.4) is 0 Å². The number of carbonyl (C=O) groups excluding carboxylic acids is 1. The van der Waals surface area contributed by atoms with Gasteiger partial charge in [0.05, 0.1) is 0 Å². The van der Waals surface area contributed by atoms with Crippen LogP contribution in [0.15, 0.2) is 48.5 Å². The molecule has 0 saturated carbocycles. The van der Waals surface area contributed by atoms with E-state index >= 15 is 0 Å². The number of halogens is 1. The third kappa shape index (κ3) is 1.84. The van der Waals surface area contributed by atoms with Crippen molar-refractivity contribution in [3.8, 4) is 0 Å². The Hall–Kier alpha value is -1.96. The largest absolute Gasteiger partial charge is 0.299 e. The monoisotopic (exact) mass is 240 g/mol. The second-order valence-electron chi connectivity index (χ2n) is 4.69. The number of benzene rings is 2. The zero-order valence-corrected chi connectivity index (χ0v) is 9.90. The molecule has 1 nitrogen and oxygen atoms in total. The van der Waals surface area contributed by atoms with Gasteiger partial charge in [-0.15, -0.1) is 0 Å². The van der Waals surface area contributed by atoms with E-state index < -0.39 is 0 Å². The zero-order valence-electron chi connectivity index (χ0n) is 9.90. The van der Waals surface area contributed by atoms with Gasteiger partial charge in [0.1, 0.15) is 11.6 Å². The van der Waals surface area contributed by atoms with E-state index in [0.717, 1.165) is 12.0 Å². The van der Waals surface area contributed by atoms with E-state index in [0.29, 0.717) is 5.56 Å². The average molecular weight is 240 g/mol. The van der Waals surface area contributed by atoms with E-state index in [4.69, 9.17) is 0 Å².